The van der Waals surface area contributed by atoms with Gasteiger partial charge in [0, 0.05) is 31.4 Å². The van der Waals surface area contributed by atoms with Crippen molar-refractivity contribution in [1.29, 1.82) is 0 Å². The first-order valence-electron chi connectivity index (χ1n) is 6.97. The molecule has 0 radical (unpaired) electrons. The fraction of sp³-hybridized carbons (Fsp3) is 0.643. The monoisotopic (exact) mass is 261 g/mol. The van der Waals surface area contributed by atoms with Crippen LogP contribution in [-0.4, -0.2) is 46.6 Å². The van der Waals surface area contributed by atoms with E-state index < -0.39 is 0 Å². The number of fused-ring (bicyclic) bond motifs is 1. The number of carbonyl (C=O) groups is 1. The van der Waals surface area contributed by atoms with Crippen LogP contribution >= 0.6 is 0 Å². The molecule has 0 aromatic carbocycles. The van der Waals surface area contributed by atoms with Crippen LogP contribution in [0.15, 0.2) is 18.5 Å². The summed E-state index contributed by atoms with van der Waals surface area (Å²) >= 11 is 0. The predicted molar refractivity (Wildman–Crippen MR) is 69.6 cm³/mol. The lowest BCUT2D eigenvalue weighted by Crippen LogP contribution is -2.45. The lowest BCUT2D eigenvalue weighted by atomic mass is 9.83. The minimum absolute atomic E-state index is 0.0565. The number of hydrogen-bond acceptors (Lipinski definition) is 4. The van der Waals surface area contributed by atoms with E-state index in [1.54, 1.807) is 18.5 Å². The van der Waals surface area contributed by atoms with Gasteiger partial charge in [0.05, 0.1) is 12.7 Å². The standard InChI is InChI=1S/C14H19N3O2/c1-2-12-11-4-7-17(8-10(11)9-19-12)14(18)13-15-5-3-6-16-13/h3,5-6,10-12H,2,4,7-9H2,1H3/t10-,11-,12-/m1/s1. The van der Waals surface area contributed by atoms with Gasteiger partial charge in [0.15, 0.2) is 0 Å². The maximum atomic E-state index is 12.3. The summed E-state index contributed by atoms with van der Waals surface area (Å²) in [5.41, 5.74) is 0. The molecule has 3 atom stereocenters. The molecule has 0 unspecified atom stereocenters. The summed E-state index contributed by atoms with van der Waals surface area (Å²) in [5, 5.41) is 0. The molecular formula is C14H19N3O2. The van der Waals surface area contributed by atoms with E-state index in [2.05, 4.69) is 16.9 Å². The second-order valence-corrected chi connectivity index (χ2v) is 5.32. The van der Waals surface area contributed by atoms with E-state index in [0.29, 0.717) is 23.8 Å². The topological polar surface area (TPSA) is 55.3 Å². The number of likely N-dealkylation sites (tertiary alicyclic amines) is 1. The highest BCUT2D eigenvalue weighted by Gasteiger charge is 2.41. The number of rotatable bonds is 2. The predicted octanol–water partition coefficient (Wildman–Crippen LogP) is 1.36. The van der Waals surface area contributed by atoms with E-state index in [-0.39, 0.29) is 5.91 Å². The minimum atomic E-state index is -0.0565. The molecule has 2 saturated heterocycles. The molecular weight excluding hydrogens is 242 g/mol. The Kier molecular flexibility index (Phi) is 3.46. The largest absolute Gasteiger partial charge is 0.378 e. The van der Waals surface area contributed by atoms with Crippen LogP contribution in [-0.2, 0) is 4.74 Å². The average molecular weight is 261 g/mol. The number of hydrogen-bond donors (Lipinski definition) is 0. The van der Waals surface area contributed by atoms with Crippen LogP contribution in [0.2, 0.25) is 0 Å². The maximum absolute atomic E-state index is 12.3. The molecule has 0 aliphatic carbocycles. The zero-order valence-corrected chi connectivity index (χ0v) is 11.2. The summed E-state index contributed by atoms with van der Waals surface area (Å²) in [6, 6.07) is 1.72. The lowest BCUT2D eigenvalue weighted by Gasteiger charge is -2.35. The molecule has 1 amide bonds. The Morgan fingerprint density at radius 2 is 2.26 bits per heavy atom. The first-order chi connectivity index (χ1) is 9.29. The zero-order valence-electron chi connectivity index (χ0n) is 11.2. The fourth-order valence-corrected chi connectivity index (χ4v) is 3.24. The summed E-state index contributed by atoms with van der Waals surface area (Å²) in [5.74, 6) is 1.34. The van der Waals surface area contributed by atoms with Gasteiger partial charge in [0.25, 0.3) is 5.91 Å². The number of amides is 1. The summed E-state index contributed by atoms with van der Waals surface area (Å²) in [7, 11) is 0. The average Bonchev–Trinajstić information content (AvgIpc) is 2.89. The van der Waals surface area contributed by atoms with Crippen LogP contribution in [0.1, 0.15) is 30.4 Å². The molecule has 0 bridgehead atoms. The van der Waals surface area contributed by atoms with Crippen LogP contribution in [0.3, 0.4) is 0 Å². The molecule has 5 heteroatoms. The quantitative estimate of drug-likeness (QED) is 0.806. The van der Waals surface area contributed by atoms with Gasteiger partial charge in [-0.15, -0.1) is 0 Å². The van der Waals surface area contributed by atoms with Crippen LogP contribution in [0.5, 0.6) is 0 Å². The number of aromatic nitrogens is 2. The van der Waals surface area contributed by atoms with Crippen molar-refractivity contribution in [3.63, 3.8) is 0 Å². The Hall–Kier alpha value is -1.49. The molecule has 2 aliphatic rings. The molecule has 1 aromatic rings. The fourth-order valence-electron chi connectivity index (χ4n) is 3.24. The third kappa shape index (κ3) is 2.34. The minimum Gasteiger partial charge on any atom is -0.378 e. The third-order valence-electron chi connectivity index (χ3n) is 4.24. The van der Waals surface area contributed by atoms with Crippen molar-refractivity contribution in [1.82, 2.24) is 14.9 Å². The van der Waals surface area contributed by atoms with Crippen molar-refractivity contribution in [2.24, 2.45) is 11.8 Å². The normalized spacial score (nSPS) is 30.2. The summed E-state index contributed by atoms with van der Waals surface area (Å²) in [6.07, 6.45) is 5.70. The van der Waals surface area contributed by atoms with Crippen LogP contribution in [0, 0.1) is 11.8 Å². The Balaban J connectivity index is 1.68. The molecule has 2 fully saturated rings. The van der Waals surface area contributed by atoms with E-state index in [0.717, 1.165) is 32.5 Å². The number of piperidine rings is 1. The third-order valence-corrected chi connectivity index (χ3v) is 4.24. The van der Waals surface area contributed by atoms with Gasteiger partial charge in [-0.2, -0.15) is 0 Å². The Morgan fingerprint density at radius 3 is 3.00 bits per heavy atom. The molecule has 0 saturated carbocycles. The van der Waals surface area contributed by atoms with E-state index in [9.17, 15) is 4.79 Å². The molecule has 3 rings (SSSR count). The van der Waals surface area contributed by atoms with Gasteiger partial charge in [-0.25, -0.2) is 9.97 Å². The summed E-state index contributed by atoms with van der Waals surface area (Å²) in [4.78, 5) is 22.2. The van der Waals surface area contributed by atoms with Crippen molar-refractivity contribution in [2.75, 3.05) is 19.7 Å². The molecule has 5 nitrogen and oxygen atoms in total. The first-order valence-corrected chi connectivity index (χ1v) is 6.97. The van der Waals surface area contributed by atoms with E-state index in [1.165, 1.54) is 0 Å². The Bertz CT molecular complexity index is 451. The van der Waals surface area contributed by atoms with Gasteiger partial charge in [0.1, 0.15) is 0 Å². The second kappa shape index (κ2) is 5.25. The van der Waals surface area contributed by atoms with Crippen molar-refractivity contribution in [3.8, 4) is 0 Å². The lowest BCUT2D eigenvalue weighted by molar-refractivity contribution is 0.0596. The highest BCUT2D eigenvalue weighted by Crippen LogP contribution is 2.35. The van der Waals surface area contributed by atoms with Crippen molar-refractivity contribution >= 4 is 5.91 Å². The summed E-state index contributed by atoms with van der Waals surface area (Å²) in [6.45, 7) is 4.52. The van der Waals surface area contributed by atoms with E-state index in [4.69, 9.17) is 4.74 Å². The Labute approximate surface area is 113 Å². The van der Waals surface area contributed by atoms with Crippen LogP contribution < -0.4 is 0 Å². The van der Waals surface area contributed by atoms with Crippen molar-refractivity contribution in [2.45, 2.75) is 25.9 Å². The number of nitrogens with zero attached hydrogens (tertiary/aromatic N) is 3. The first kappa shape index (κ1) is 12.5. The van der Waals surface area contributed by atoms with Gasteiger partial charge in [-0.05, 0) is 24.8 Å². The van der Waals surface area contributed by atoms with Gasteiger partial charge in [-0.3, -0.25) is 4.79 Å². The molecule has 0 N–H and O–H groups in total. The highest BCUT2D eigenvalue weighted by molar-refractivity contribution is 5.90. The SMILES string of the molecule is CC[C@H]1OC[C@H]2CN(C(=O)c3ncccn3)CC[C@H]21. The summed E-state index contributed by atoms with van der Waals surface area (Å²) < 4.78 is 5.81. The van der Waals surface area contributed by atoms with Gasteiger partial charge < -0.3 is 9.64 Å². The molecule has 19 heavy (non-hydrogen) atoms. The maximum Gasteiger partial charge on any atom is 0.291 e. The molecule has 2 aliphatic heterocycles. The Morgan fingerprint density at radius 1 is 1.47 bits per heavy atom. The molecule has 0 spiro atoms. The number of ether oxygens (including phenoxy) is 1. The van der Waals surface area contributed by atoms with Gasteiger partial charge in [-0.1, -0.05) is 6.92 Å². The van der Waals surface area contributed by atoms with Gasteiger partial charge >= 0.3 is 0 Å². The highest BCUT2D eigenvalue weighted by atomic mass is 16.5. The zero-order chi connectivity index (χ0) is 13.2. The van der Waals surface area contributed by atoms with E-state index in [1.807, 2.05) is 4.90 Å². The molecule has 1 aromatic heterocycles. The van der Waals surface area contributed by atoms with Crippen LogP contribution in [0.4, 0.5) is 0 Å². The van der Waals surface area contributed by atoms with Gasteiger partial charge in [0.2, 0.25) is 5.82 Å². The van der Waals surface area contributed by atoms with Crippen molar-refractivity contribution in [3.05, 3.63) is 24.3 Å². The van der Waals surface area contributed by atoms with Crippen molar-refractivity contribution < 1.29 is 9.53 Å². The molecule has 102 valence electrons. The second-order valence-electron chi connectivity index (χ2n) is 5.32. The smallest absolute Gasteiger partial charge is 0.291 e. The van der Waals surface area contributed by atoms with E-state index >= 15 is 0 Å². The van der Waals surface area contributed by atoms with Crippen LogP contribution in [0.25, 0.3) is 0 Å². The molecule has 3 heterocycles. The number of carbonyl (C=O) groups excluding carboxylic acids is 1.